The van der Waals surface area contributed by atoms with E-state index in [1.807, 2.05) is 12.1 Å². The molecule has 32 heavy (non-hydrogen) atoms. The van der Waals surface area contributed by atoms with E-state index in [2.05, 4.69) is 5.32 Å². The first kappa shape index (κ1) is 21.8. The molecule has 1 unspecified atom stereocenters. The lowest BCUT2D eigenvalue weighted by molar-refractivity contribution is -0.307. The van der Waals surface area contributed by atoms with Gasteiger partial charge in [-0.25, -0.2) is 0 Å². The van der Waals surface area contributed by atoms with Gasteiger partial charge in [-0.05, 0) is 42.5 Å². The molecular weight excluding hydrogens is 455 g/mol. The predicted molar refractivity (Wildman–Crippen MR) is 120 cm³/mol. The first-order valence-corrected chi connectivity index (χ1v) is 10.3. The highest BCUT2D eigenvalue weighted by atomic mass is 35.5. The fourth-order valence-electron chi connectivity index (χ4n) is 3.51. The summed E-state index contributed by atoms with van der Waals surface area (Å²) in [4.78, 5) is 25.8. The molecule has 0 aromatic heterocycles. The minimum absolute atomic E-state index is 0.144. The molecule has 4 rings (SSSR count). The Balaban J connectivity index is 1.83. The van der Waals surface area contributed by atoms with Crippen LogP contribution >= 0.6 is 23.2 Å². The monoisotopic (exact) mass is 471 g/mol. The van der Waals surface area contributed by atoms with Gasteiger partial charge in [0.05, 0.1) is 23.7 Å². The lowest BCUT2D eigenvalue weighted by Crippen LogP contribution is -2.43. The van der Waals surface area contributed by atoms with Crippen LogP contribution < -0.4 is 24.8 Å². The van der Waals surface area contributed by atoms with Crippen LogP contribution in [0.1, 0.15) is 22.1 Å². The van der Waals surface area contributed by atoms with E-state index < -0.39 is 18.7 Å². The van der Waals surface area contributed by atoms with Crippen LogP contribution in [-0.2, 0) is 4.79 Å². The zero-order valence-electron chi connectivity index (χ0n) is 16.8. The number of hydrogen-bond donors (Lipinski definition) is 1. The molecule has 3 aromatic rings. The largest absolute Gasteiger partial charge is 0.546 e. The van der Waals surface area contributed by atoms with E-state index in [1.54, 1.807) is 47.4 Å². The number of ether oxygens (including phenoxy) is 2. The Bertz CT molecular complexity index is 1180. The van der Waals surface area contributed by atoms with Crippen molar-refractivity contribution < 1.29 is 24.2 Å². The SMILES string of the molecule is COc1cc(C2Nc3ccccc3C(=O)N2c2ccc(Cl)cc2)c(Cl)cc1OCC(=O)[O-]. The summed E-state index contributed by atoms with van der Waals surface area (Å²) in [5.74, 6) is -1.20. The number of carboxylic acids is 1. The zero-order chi connectivity index (χ0) is 22.8. The molecule has 1 aliphatic heterocycles. The maximum atomic E-state index is 13.5. The van der Waals surface area contributed by atoms with Gasteiger partial charge >= 0.3 is 0 Å². The van der Waals surface area contributed by atoms with Crippen LogP contribution in [0.5, 0.6) is 11.5 Å². The Morgan fingerprint density at radius 1 is 1.09 bits per heavy atom. The maximum Gasteiger partial charge on any atom is 0.262 e. The van der Waals surface area contributed by atoms with E-state index in [0.717, 1.165) is 0 Å². The summed E-state index contributed by atoms with van der Waals surface area (Å²) in [5, 5.41) is 14.9. The van der Waals surface area contributed by atoms with Gasteiger partial charge in [-0.2, -0.15) is 0 Å². The Kier molecular flexibility index (Phi) is 6.12. The molecule has 9 heteroatoms. The van der Waals surface area contributed by atoms with Crippen LogP contribution in [0.4, 0.5) is 11.4 Å². The van der Waals surface area contributed by atoms with Gasteiger partial charge in [-0.15, -0.1) is 0 Å². The molecule has 1 N–H and O–H groups in total. The average Bonchev–Trinajstić information content (AvgIpc) is 2.78. The van der Waals surface area contributed by atoms with Crippen molar-refractivity contribution in [3.05, 3.63) is 81.8 Å². The van der Waals surface area contributed by atoms with Crippen molar-refractivity contribution in [2.24, 2.45) is 0 Å². The third kappa shape index (κ3) is 4.17. The summed E-state index contributed by atoms with van der Waals surface area (Å²) >= 11 is 12.6. The second kappa shape index (κ2) is 8.98. The first-order chi connectivity index (χ1) is 15.4. The standard InChI is InChI=1S/C23H18Cl2N2O5/c1-31-19-10-16(17(25)11-20(19)32-12-21(28)29)22-26-18-5-3-2-4-15(18)23(30)27(22)14-8-6-13(24)7-9-14/h2-11,22,26H,12H2,1H3,(H,28,29)/p-1. The smallest absolute Gasteiger partial charge is 0.262 e. The number of benzene rings is 3. The number of nitrogens with one attached hydrogen (secondary N) is 1. The number of carbonyl (C=O) groups is 2. The number of hydrogen-bond acceptors (Lipinski definition) is 6. The van der Waals surface area contributed by atoms with E-state index in [4.69, 9.17) is 32.7 Å². The number of nitrogens with zero attached hydrogens (tertiary/aromatic N) is 1. The highest BCUT2D eigenvalue weighted by Gasteiger charge is 2.35. The first-order valence-electron chi connectivity index (χ1n) is 9.54. The molecule has 0 radical (unpaired) electrons. The molecule has 0 bridgehead atoms. The Hall–Kier alpha value is -3.42. The second-order valence-corrected chi connectivity index (χ2v) is 7.77. The topological polar surface area (TPSA) is 90.9 Å². The fraction of sp³-hybridized carbons (Fsp3) is 0.130. The number of halogens is 2. The minimum atomic E-state index is -1.38. The Morgan fingerprint density at radius 2 is 1.81 bits per heavy atom. The number of amides is 1. The molecule has 7 nitrogen and oxygen atoms in total. The van der Waals surface area contributed by atoms with Gasteiger partial charge in [0.25, 0.3) is 5.91 Å². The molecule has 1 atom stereocenters. The second-order valence-electron chi connectivity index (χ2n) is 6.93. The molecule has 1 heterocycles. The van der Waals surface area contributed by atoms with Gasteiger partial charge in [0.15, 0.2) is 11.5 Å². The summed E-state index contributed by atoms with van der Waals surface area (Å²) in [6.07, 6.45) is -0.685. The van der Waals surface area contributed by atoms with E-state index in [-0.39, 0.29) is 22.4 Å². The summed E-state index contributed by atoms with van der Waals surface area (Å²) in [7, 11) is 1.42. The number of carbonyl (C=O) groups excluding carboxylic acids is 2. The van der Waals surface area contributed by atoms with Gasteiger partial charge < -0.3 is 24.7 Å². The molecule has 0 saturated heterocycles. The summed E-state index contributed by atoms with van der Waals surface area (Å²) in [6, 6.07) is 17.1. The molecule has 1 aliphatic rings. The van der Waals surface area contributed by atoms with Crippen molar-refractivity contribution in [3.8, 4) is 11.5 Å². The predicted octanol–water partition coefficient (Wildman–Crippen LogP) is 3.90. The quantitative estimate of drug-likeness (QED) is 0.585. The molecule has 0 fully saturated rings. The normalized spacial score (nSPS) is 15.0. The summed E-state index contributed by atoms with van der Waals surface area (Å²) in [6.45, 7) is -0.656. The van der Waals surface area contributed by atoms with Gasteiger partial charge in [0.1, 0.15) is 12.8 Å². The van der Waals surface area contributed by atoms with Crippen molar-refractivity contribution in [3.63, 3.8) is 0 Å². The summed E-state index contributed by atoms with van der Waals surface area (Å²) in [5.41, 5.74) is 2.30. The van der Waals surface area contributed by atoms with E-state index in [1.165, 1.54) is 13.2 Å². The number of para-hydroxylation sites is 1. The zero-order valence-corrected chi connectivity index (χ0v) is 18.3. The van der Waals surface area contributed by atoms with E-state index in [0.29, 0.717) is 27.5 Å². The third-order valence-electron chi connectivity index (χ3n) is 4.95. The van der Waals surface area contributed by atoms with E-state index >= 15 is 0 Å². The molecule has 0 aliphatic carbocycles. The van der Waals surface area contributed by atoms with Gasteiger partial charge in [0.2, 0.25) is 0 Å². The maximum absolute atomic E-state index is 13.5. The van der Waals surface area contributed by atoms with Crippen molar-refractivity contribution in [1.29, 1.82) is 0 Å². The van der Waals surface area contributed by atoms with Crippen molar-refractivity contribution in [2.45, 2.75) is 6.17 Å². The number of aliphatic carboxylic acids is 1. The Labute approximate surface area is 194 Å². The molecular formula is C23H17Cl2N2O5-. The lowest BCUT2D eigenvalue weighted by Gasteiger charge is -2.38. The highest BCUT2D eigenvalue weighted by Crippen LogP contribution is 2.42. The third-order valence-corrected chi connectivity index (χ3v) is 5.53. The number of methoxy groups -OCH3 is 1. The molecule has 3 aromatic carbocycles. The summed E-state index contributed by atoms with van der Waals surface area (Å²) < 4.78 is 10.6. The molecule has 0 spiro atoms. The van der Waals surface area contributed by atoms with Crippen LogP contribution in [0.3, 0.4) is 0 Å². The van der Waals surface area contributed by atoms with Crippen molar-refractivity contribution >= 4 is 46.5 Å². The lowest BCUT2D eigenvalue weighted by atomic mass is 10.0. The number of carboxylic acid groups (broad SMARTS) is 1. The van der Waals surface area contributed by atoms with Crippen LogP contribution in [0.15, 0.2) is 60.7 Å². The van der Waals surface area contributed by atoms with Crippen LogP contribution in [0.25, 0.3) is 0 Å². The van der Waals surface area contributed by atoms with Gasteiger partial charge in [-0.1, -0.05) is 35.3 Å². The average molecular weight is 472 g/mol. The number of fused-ring (bicyclic) bond motifs is 1. The van der Waals surface area contributed by atoms with Gasteiger partial charge in [-0.3, -0.25) is 9.69 Å². The van der Waals surface area contributed by atoms with Crippen molar-refractivity contribution in [1.82, 2.24) is 0 Å². The van der Waals surface area contributed by atoms with Gasteiger partial charge in [0, 0.05) is 28.0 Å². The Morgan fingerprint density at radius 3 is 2.50 bits per heavy atom. The highest BCUT2D eigenvalue weighted by molar-refractivity contribution is 6.32. The minimum Gasteiger partial charge on any atom is -0.546 e. The van der Waals surface area contributed by atoms with Crippen LogP contribution in [0.2, 0.25) is 10.0 Å². The fourth-order valence-corrected chi connectivity index (χ4v) is 3.89. The van der Waals surface area contributed by atoms with E-state index in [9.17, 15) is 14.7 Å². The molecule has 1 amide bonds. The van der Waals surface area contributed by atoms with Crippen LogP contribution in [0, 0.1) is 0 Å². The molecule has 164 valence electrons. The van der Waals surface area contributed by atoms with Crippen LogP contribution in [-0.4, -0.2) is 25.6 Å². The van der Waals surface area contributed by atoms with Crippen molar-refractivity contribution in [2.75, 3.05) is 23.9 Å². The number of anilines is 2. The molecule has 0 saturated carbocycles. The number of rotatable bonds is 6.